The van der Waals surface area contributed by atoms with Crippen LogP contribution in [-0.2, 0) is 0 Å². The minimum atomic E-state index is 0.0602. The molecule has 0 saturated heterocycles. The quantitative estimate of drug-likeness (QED) is 0.368. The lowest BCUT2D eigenvalue weighted by molar-refractivity contribution is 0.412. The summed E-state index contributed by atoms with van der Waals surface area (Å²) >= 11 is 0. The van der Waals surface area contributed by atoms with E-state index in [4.69, 9.17) is 10.6 Å². The average molecular weight is 86.1 g/mol. The van der Waals surface area contributed by atoms with Crippen molar-refractivity contribution in [2.24, 2.45) is 5.11 Å². The van der Waals surface area contributed by atoms with Crippen LogP contribution < -0.4 is 0 Å². The number of rotatable bonds is 1. The van der Waals surface area contributed by atoms with Gasteiger partial charge < -0.3 is 5.11 Å². The summed E-state index contributed by atoms with van der Waals surface area (Å²) in [6, 6.07) is 0. The molecule has 0 unspecified atom stereocenters. The van der Waals surface area contributed by atoms with Crippen LogP contribution in [0.15, 0.2) is 17.1 Å². The zero-order valence-corrected chi connectivity index (χ0v) is 3.47. The lowest BCUT2D eigenvalue weighted by Crippen LogP contribution is -1.62. The highest BCUT2D eigenvalue weighted by molar-refractivity contribution is 4.80. The second-order valence-corrected chi connectivity index (χ2v) is 0.900. The number of aliphatic hydroxyl groups excluding tert-OH is 1. The second kappa shape index (κ2) is 2.38. The molecule has 0 saturated carbocycles. The third kappa shape index (κ3) is 3.14. The maximum atomic E-state index is 8.20. The third-order valence-electron chi connectivity index (χ3n) is 0.251. The molecular formula is C3H6N2O. The molecule has 0 amide bonds. The van der Waals surface area contributed by atoms with E-state index in [1.807, 2.05) is 0 Å². The van der Waals surface area contributed by atoms with E-state index in [1.165, 1.54) is 6.92 Å². The van der Waals surface area contributed by atoms with Crippen molar-refractivity contribution in [1.29, 1.82) is 5.53 Å². The van der Waals surface area contributed by atoms with E-state index < -0.39 is 0 Å². The van der Waals surface area contributed by atoms with Gasteiger partial charge in [0.15, 0.2) is 0 Å². The maximum absolute atomic E-state index is 8.20. The summed E-state index contributed by atoms with van der Waals surface area (Å²) < 4.78 is 0. The fourth-order valence-corrected chi connectivity index (χ4v) is 0.0934. The smallest absolute Gasteiger partial charge is 0.109 e. The third-order valence-corrected chi connectivity index (χ3v) is 0.251. The number of hydrogen-bond donors (Lipinski definition) is 2. The lowest BCUT2D eigenvalue weighted by Gasteiger charge is -1.75. The molecule has 0 rings (SSSR count). The Morgan fingerprint density at radius 1 is 2.00 bits per heavy atom. The first-order valence-electron chi connectivity index (χ1n) is 1.49. The van der Waals surface area contributed by atoms with Crippen molar-refractivity contribution in [2.45, 2.75) is 6.92 Å². The largest absolute Gasteiger partial charge is 0.511 e. The van der Waals surface area contributed by atoms with Crippen molar-refractivity contribution in [2.75, 3.05) is 0 Å². The Hall–Kier alpha value is -0.860. The molecule has 0 radical (unpaired) electrons. The van der Waals surface area contributed by atoms with Crippen molar-refractivity contribution in [1.82, 2.24) is 0 Å². The summed E-state index contributed by atoms with van der Waals surface area (Å²) in [5.74, 6) is 0.0602. The Morgan fingerprint density at radius 3 is 2.50 bits per heavy atom. The fraction of sp³-hybridized carbons (Fsp3) is 0.333. The Kier molecular flexibility index (Phi) is 2.04. The molecule has 0 aliphatic rings. The van der Waals surface area contributed by atoms with Gasteiger partial charge in [0.2, 0.25) is 0 Å². The first kappa shape index (κ1) is 5.14. The van der Waals surface area contributed by atoms with Crippen LogP contribution in [0.25, 0.3) is 0 Å². The second-order valence-electron chi connectivity index (χ2n) is 0.900. The molecule has 0 aliphatic carbocycles. The normalized spacial score (nSPS) is 11.2. The van der Waals surface area contributed by atoms with Crippen molar-refractivity contribution >= 4 is 0 Å². The molecule has 0 aromatic heterocycles. The van der Waals surface area contributed by atoms with Crippen LogP contribution >= 0.6 is 0 Å². The van der Waals surface area contributed by atoms with Crippen LogP contribution in [-0.4, -0.2) is 5.11 Å². The van der Waals surface area contributed by atoms with Gasteiger partial charge in [0.25, 0.3) is 0 Å². The average Bonchev–Trinajstić information content (AvgIpc) is 1.35. The van der Waals surface area contributed by atoms with Crippen LogP contribution in [0.3, 0.4) is 0 Å². The SMILES string of the molecule is C/C(O)=C/N=N. The van der Waals surface area contributed by atoms with Crippen LogP contribution in [0.5, 0.6) is 0 Å². The monoisotopic (exact) mass is 86.0 g/mol. The molecule has 34 valence electrons. The fourth-order valence-electron chi connectivity index (χ4n) is 0.0934. The molecule has 0 bridgehead atoms. The van der Waals surface area contributed by atoms with Crippen LogP contribution in [0.4, 0.5) is 0 Å². The van der Waals surface area contributed by atoms with Gasteiger partial charge in [-0.3, -0.25) is 0 Å². The molecule has 0 heterocycles. The van der Waals surface area contributed by atoms with Gasteiger partial charge in [-0.05, 0) is 6.92 Å². The molecule has 0 spiro atoms. The van der Waals surface area contributed by atoms with E-state index in [1.54, 1.807) is 0 Å². The van der Waals surface area contributed by atoms with Gasteiger partial charge in [0.05, 0.1) is 6.20 Å². The van der Waals surface area contributed by atoms with E-state index in [0.29, 0.717) is 0 Å². The van der Waals surface area contributed by atoms with Gasteiger partial charge >= 0.3 is 0 Å². The van der Waals surface area contributed by atoms with Crippen LogP contribution in [0.1, 0.15) is 6.92 Å². The van der Waals surface area contributed by atoms with Gasteiger partial charge in [-0.2, -0.15) is 5.11 Å². The summed E-state index contributed by atoms with van der Waals surface area (Å²) in [7, 11) is 0. The van der Waals surface area contributed by atoms with Gasteiger partial charge in [-0.15, -0.1) is 0 Å². The first-order chi connectivity index (χ1) is 2.77. The maximum Gasteiger partial charge on any atom is 0.109 e. The van der Waals surface area contributed by atoms with Crippen molar-refractivity contribution in [3.8, 4) is 0 Å². The van der Waals surface area contributed by atoms with Crippen LogP contribution in [0, 0.1) is 5.53 Å². The van der Waals surface area contributed by atoms with Crippen molar-refractivity contribution < 1.29 is 5.11 Å². The van der Waals surface area contributed by atoms with Crippen molar-refractivity contribution in [3.63, 3.8) is 0 Å². The molecule has 0 atom stereocenters. The molecule has 0 aromatic rings. The predicted octanol–water partition coefficient (Wildman–Crippen LogP) is 1.44. The van der Waals surface area contributed by atoms with Gasteiger partial charge in [-0.25, -0.2) is 5.53 Å². The van der Waals surface area contributed by atoms with Crippen LogP contribution in [0.2, 0.25) is 0 Å². The Labute approximate surface area is 35.8 Å². The molecule has 3 heteroatoms. The molecule has 3 nitrogen and oxygen atoms in total. The topological polar surface area (TPSA) is 56.4 Å². The standard InChI is InChI=1S/C3H6N2O/c1-3(6)2-5-4/h2,4,6H,1H3/b3-2-,5-4?. The number of aliphatic hydroxyl groups is 1. The summed E-state index contributed by atoms with van der Waals surface area (Å²) in [5, 5.41) is 11.0. The Morgan fingerprint density at radius 2 is 2.50 bits per heavy atom. The van der Waals surface area contributed by atoms with E-state index in [-0.39, 0.29) is 5.76 Å². The van der Waals surface area contributed by atoms with Gasteiger partial charge in [0.1, 0.15) is 5.76 Å². The molecular weight excluding hydrogens is 80.0 g/mol. The molecule has 6 heavy (non-hydrogen) atoms. The van der Waals surface area contributed by atoms with Crippen molar-refractivity contribution in [3.05, 3.63) is 12.0 Å². The zero-order chi connectivity index (χ0) is 4.99. The Balaban J connectivity index is 3.41. The molecule has 0 aliphatic heterocycles. The van der Waals surface area contributed by atoms with E-state index in [0.717, 1.165) is 6.20 Å². The van der Waals surface area contributed by atoms with E-state index >= 15 is 0 Å². The molecule has 0 aromatic carbocycles. The van der Waals surface area contributed by atoms with E-state index in [9.17, 15) is 0 Å². The number of hydrogen-bond acceptors (Lipinski definition) is 3. The number of nitrogens with zero attached hydrogens (tertiary/aromatic N) is 1. The first-order valence-corrected chi connectivity index (χ1v) is 1.49. The van der Waals surface area contributed by atoms with Gasteiger partial charge in [0, 0.05) is 0 Å². The summed E-state index contributed by atoms with van der Waals surface area (Å²) in [6.07, 6.45) is 1.06. The van der Waals surface area contributed by atoms with Gasteiger partial charge in [-0.1, -0.05) is 0 Å². The highest BCUT2D eigenvalue weighted by Crippen LogP contribution is 1.80. The predicted molar refractivity (Wildman–Crippen MR) is 21.5 cm³/mol. The highest BCUT2D eigenvalue weighted by atomic mass is 16.3. The minimum absolute atomic E-state index is 0.0602. The molecule has 2 N–H and O–H groups in total. The minimum Gasteiger partial charge on any atom is -0.511 e. The summed E-state index contributed by atoms with van der Waals surface area (Å²) in [4.78, 5) is 0. The number of nitrogens with one attached hydrogen (secondary N) is 1. The number of allylic oxidation sites excluding steroid dienone is 1. The lowest BCUT2D eigenvalue weighted by atomic mass is 10.6. The Bertz CT molecular complexity index is 72.9. The zero-order valence-electron chi connectivity index (χ0n) is 3.47. The summed E-state index contributed by atoms with van der Waals surface area (Å²) in [6.45, 7) is 1.46. The van der Waals surface area contributed by atoms with E-state index in [2.05, 4.69) is 5.11 Å². The summed E-state index contributed by atoms with van der Waals surface area (Å²) in [5.41, 5.74) is 6.12. The molecule has 0 fully saturated rings. The highest BCUT2D eigenvalue weighted by Gasteiger charge is 1.68.